The smallest absolute Gasteiger partial charge is 0.138 e. The Morgan fingerprint density at radius 2 is 1.92 bits per heavy atom. The average Bonchev–Trinajstić information content (AvgIpc) is 2.11. The summed E-state index contributed by atoms with van der Waals surface area (Å²) in [6.45, 7) is 4.56. The van der Waals surface area contributed by atoms with Gasteiger partial charge in [-0.15, -0.1) is 0 Å². The lowest BCUT2D eigenvalue weighted by molar-refractivity contribution is 0.340. The summed E-state index contributed by atoms with van der Waals surface area (Å²) in [6.07, 6.45) is 0.818. The molecule has 13 heavy (non-hydrogen) atoms. The fourth-order valence-electron chi connectivity index (χ4n) is 1.17. The minimum atomic E-state index is 0.616. The summed E-state index contributed by atoms with van der Waals surface area (Å²) in [7, 11) is 0. The van der Waals surface area contributed by atoms with Crippen molar-refractivity contribution in [3.05, 3.63) is 27.7 Å². The van der Waals surface area contributed by atoms with Crippen molar-refractivity contribution in [2.24, 2.45) is 0 Å². The van der Waals surface area contributed by atoms with E-state index in [0.717, 1.165) is 12.0 Å². The molecule has 0 aliphatic heterocycles. The van der Waals surface area contributed by atoms with Gasteiger partial charge in [0.1, 0.15) is 5.75 Å². The Balaban J connectivity index is 3.11. The van der Waals surface area contributed by atoms with E-state index >= 15 is 0 Å². The highest BCUT2D eigenvalue weighted by Crippen LogP contribution is 2.33. The largest absolute Gasteiger partial charge is 0.492 e. The predicted molar refractivity (Wildman–Crippen MR) is 57.0 cm³/mol. The number of hydrogen-bond acceptors (Lipinski definition) is 1. The van der Waals surface area contributed by atoms with Gasteiger partial charge in [-0.2, -0.15) is 0 Å². The molecule has 0 aliphatic rings. The summed E-state index contributed by atoms with van der Waals surface area (Å²) in [6, 6.07) is 3.62. The molecule has 0 fully saturated rings. The summed E-state index contributed by atoms with van der Waals surface area (Å²) < 4.78 is 5.34. The minimum Gasteiger partial charge on any atom is -0.492 e. The molecule has 0 radical (unpaired) electrons. The normalized spacial score (nSPS) is 10.2. The lowest BCUT2D eigenvalue weighted by Gasteiger charge is -2.10. The van der Waals surface area contributed by atoms with Gasteiger partial charge in [0, 0.05) is 5.02 Å². The zero-order chi connectivity index (χ0) is 9.84. The topological polar surface area (TPSA) is 9.23 Å². The number of hydrogen-bond donors (Lipinski definition) is 0. The number of halogens is 2. The van der Waals surface area contributed by atoms with Crippen molar-refractivity contribution < 1.29 is 4.74 Å². The van der Waals surface area contributed by atoms with E-state index < -0.39 is 0 Å². The Hall–Kier alpha value is -0.400. The van der Waals surface area contributed by atoms with E-state index in [-0.39, 0.29) is 0 Å². The molecule has 1 aromatic carbocycles. The fourth-order valence-corrected chi connectivity index (χ4v) is 1.86. The van der Waals surface area contributed by atoms with Gasteiger partial charge in [0.25, 0.3) is 0 Å². The molecular formula is C10H12Cl2O. The molecule has 0 saturated heterocycles. The molecule has 0 spiro atoms. The van der Waals surface area contributed by atoms with Crippen molar-refractivity contribution in [2.75, 3.05) is 6.61 Å². The second-order valence-corrected chi connectivity index (χ2v) is 3.41. The summed E-state index contributed by atoms with van der Waals surface area (Å²) in [4.78, 5) is 0. The van der Waals surface area contributed by atoms with Crippen LogP contribution >= 0.6 is 23.2 Å². The van der Waals surface area contributed by atoms with Gasteiger partial charge in [-0.1, -0.05) is 30.1 Å². The molecule has 0 bridgehead atoms. The molecule has 0 amide bonds. The average molecular weight is 219 g/mol. The minimum absolute atomic E-state index is 0.616. The Morgan fingerprint density at radius 1 is 1.23 bits per heavy atom. The Bertz CT molecular complexity index is 297. The molecule has 3 heteroatoms. The molecule has 0 aromatic heterocycles. The Kier molecular flexibility index (Phi) is 3.89. The van der Waals surface area contributed by atoms with Gasteiger partial charge in [-0.25, -0.2) is 0 Å². The first-order valence-corrected chi connectivity index (χ1v) is 5.06. The highest BCUT2D eigenvalue weighted by atomic mass is 35.5. The van der Waals surface area contributed by atoms with Crippen LogP contribution in [0.25, 0.3) is 0 Å². The lowest BCUT2D eigenvalue weighted by Crippen LogP contribution is -1.94. The number of benzene rings is 1. The lowest BCUT2D eigenvalue weighted by atomic mass is 10.1. The van der Waals surface area contributed by atoms with Crippen LogP contribution in [0.2, 0.25) is 10.0 Å². The van der Waals surface area contributed by atoms with Crippen LogP contribution in [-0.2, 0) is 6.42 Å². The zero-order valence-electron chi connectivity index (χ0n) is 7.73. The van der Waals surface area contributed by atoms with Gasteiger partial charge >= 0.3 is 0 Å². The van der Waals surface area contributed by atoms with Crippen molar-refractivity contribution in [1.82, 2.24) is 0 Å². The quantitative estimate of drug-likeness (QED) is 0.747. The molecule has 0 heterocycles. The maximum absolute atomic E-state index is 6.08. The standard InChI is InChI=1S/C10H12Cl2O/c1-3-7-8(11)5-6-9(10(7)12)13-4-2/h5-6H,3-4H2,1-2H3. The molecule has 72 valence electrons. The van der Waals surface area contributed by atoms with E-state index in [1.807, 2.05) is 19.9 Å². The predicted octanol–water partition coefficient (Wildman–Crippen LogP) is 3.95. The van der Waals surface area contributed by atoms with Gasteiger partial charge in [0.15, 0.2) is 0 Å². The van der Waals surface area contributed by atoms with Gasteiger partial charge in [-0.05, 0) is 31.0 Å². The molecule has 1 aromatic rings. The third kappa shape index (κ3) is 2.29. The first kappa shape index (κ1) is 10.7. The van der Waals surface area contributed by atoms with Crippen molar-refractivity contribution in [3.63, 3.8) is 0 Å². The second-order valence-electron chi connectivity index (χ2n) is 2.62. The third-order valence-electron chi connectivity index (χ3n) is 1.80. The monoisotopic (exact) mass is 218 g/mol. The summed E-state index contributed by atoms with van der Waals surface area (Å²) >= 11 is 12.0. The van der Waals surface area contributed by atoms with Crippen LogP contribution < -0.4 is 4.74 Å². The second kappa shape index (κ2) is 4.73. The van der Waals surface area contributed by atoms with Crippen molar-refractivity contribution in [2.45, 2.75) is 20.3 Å². The van der Waals surface area contributed by atoms with Gasteiger partial charge in [0.05, 0.1) is 11.6 Å². The molecule has 0 aliphatic carbocycles. The van der Waals surface area contributed by atoms with Gasteiger partial charge in [0.2, 0.25) is 0 Å². The Labute approximate surface area is 88.6 Å². The van der Waals surface area contributed by atoms with E-state index in [1.54, 1.807) is 6.07 Å². The molecule has 0 atom stereocenters. The molecule has 1 nitrogen and oxygen atoms in total. The molecule has 0 unspecified atom stereocenters. The third-order valence-corrected chi connectivity index (χ3v) is 2.57. The number of ether oxygens (including phenoxy) is 1. The summed E-state index contributed by atoms with van der Waals surface area (Å²) in [5, 5.41) is 1.34. The van der Waals surface area contributed by atoms with Crippen LogP contribution in [0.4, 0.5) is 0 Å². The first-order chi connectivity index (χ1) is 6.20. The van der Waals surface area contributed by atoms with Crippen LogP contribution in [0.3, 0.4) is 0 Å². The molecule has 0 N–H and O–H groups in total. The first-order valence-electron chi connectivity index (χ1n) is 4.30. The van der Waals surface area contributed by atoms with E-state index in [1.165, 1.54) is 0 Å². The Morgan fingerprint density at radius 3 is 2.46 bits per heavy atom. The highest BCUT2D eigenvalue weighted by Gasteiger charge is 2.09. The molecule has 0 saturated carbocycles. The van der Waals surface area contributed by atoms with E-state index in [9.17, 15) is 0 Å². The molecule has 1 rings (SSSR count). The molecular weight excluding hydrogens is 207 g/mol. The van der Waals surface area contributed by atoms with Crippen LogP contribution in [0.1, 0.15) is 19.4 Å². The maximum Gasteiger partial charge on any atom is 0.138 e. The number of rotatable bonds is 3. The van der Waals surface area contributed by atoms with Crippen LogP contribution in [-0.4, -0.2) is 6.61 Å². The van der Waals surface area contributed by atoms with Crippen molar-refractivity contribution in [1.29, 1.82) is 0 Å². The van der Waals surface area contributed by atoms with Crippen LogP contribution in [0, 0.1) is 0 Å². The van der Waals surface area contributed by atoms with Crippen LogP contribution in [0.15, 0.2) is 12.1 Å². The van der Waals surface area contributed by atoms with Crippen molar-refractivity contribution in [3.8, 4) is 5.75 Å². The van der Waals surface area contributed by atoms with E-state index in [2.05, 4.69) is 0 Å². The van der Waals surface area contributed by atoms with Gasteiger partial charge < -0.3 is 4.74 Å². The zero-order valence-corrected chi connectivity index (χ0v) is 9.24. The summed E-state index contributed by atoms with van der Waals surface area (Å²) in [5.41, 5.74) is 0.953. The van der Waals surface area contributed by atoms with E-state index in [4.69, 9.17) is 27.9 Å². The van der Waals surface area contributed by atoms with E-state index in [0.29, 0.717) is 22.4 Å². The fraction of sp³-hybridized carbons (Fsp3) is 0.400. The van der Waals surface area contributed by atoms with Crippen LogP contribution in [0.5, 0.6) is 5.75 Å². The van der Waals surface area contributed by atoms with Gasteiger partial charge in [-0.3, -0.25) is 0 Å². The summed E-state index contributed by atoms with van der Waals surface area (Å²) in [5.74, 6) is 0.713. The maximum atomic E-state index is 6.08. The SMILES string of the molecule is CCOc1ccc(Cl)c(CC)c1Cl. The van der Waals surface area contributed by atoms with Crippen molar-refractivity contribution >= 4 is 23.2 Å². The highest BCUT2D eigenvalue weighted by molar-refractivity contribution is 6.36.